The van der Waals surface area contributed by atoms with Crippen molar-refractivity contribution in [2.45, 2.75) is 59.1 Å². The van der Waals surface area contributed by atoms with E-state index in [1.165, 1.54) is 6.08 Å². The van der Waals surface area contributed by atoms with E-state index in [-0.39, 0.29) is 23.8 Å². The Morgan fingerprint density at radius 1 is 1.21 bits per heavy atom. The maximum atomic E-state index is 11.6. The highest BCUT2D eigenvalue weighted by atomic mass is 35.5. The highest BCUT2D eigenvalue weighted by Gasteiger charge is 2.15. The van der Waals surface area contributed by atoms with Gasteiger partial charge < -0.3 is 19.5 Å². The molecule has 1 amide bonds. The summed E-state index contributed by atoms with van der Waals surface area (Å²) in [4.78, 5) is 16.4. The van der Waals surface area contributed by atoms with Crippen LogP contribution in [0.5, 0.6) is 11.5 Å². The standard InChI is InChI=1S/C22H30Cl4N2O5/c1-14(28-33-21(29)27-22(3,4)5)13-30-9-6-7-15(2)32-20-17(23)11-16(12-18(20)24)31-10-8-19(25)26/h8,11-12,15H,6-7,9-10,13H2,1-5H3,(H,27,29). The summed E-state index contributed by atoms with van der Waals surface area (Å²) < 4.78 is 17.0. The van der Waals surface area contributed by atoms with E-state index in [1.54, 1.807) is 19.1 Å². The summed E-state index contributed by atoms with van der Waals surface area (Å²) in [5.74, 6) is 0.861. The molecule has 186 valence electrons. The molecule has 7 nitrogen and oxygen atoms in total. The number of nitrogens with one attached hydrogen (secondary N) is 1. The van der Waals surface area contributed by atoms with E-state index in [4.69, 9.17) is 65.5 Å². The third-order valence-corrected chi connectivity index (χ3v) is 4.62. The van der Waals surface area contributed by atoms with Gasteiger partial charge in [-0.15, -0.1) is 0 Å². The van der Waals surface area contributed by atoms with Crippen molar-refractivity contribution in [3.63, 3.8) is 0 Å². The Morgan fingerprint density at radius 3 is 2.42 bits per heavy atom. The zero-order valence-corrected chi connectivity index (χ0v) is 22.4. The van der Waals surface area contributed by atoms with Crippen LogP contribution in [0.2, 0.25) is 10.0 Å². The van der Waals surface area contributed by atoms with Crippen molar-refractivity contribution in [2.75, 3.05) is 19.8 Å². The van der Waals surface area contributed by atoms with Crippen molar-refractivity contribution in [3.05, 3.63) is 32.7 Å². The summed E-state index contributed by atoms with van der Waals surface area (Å²) in [7, 11) is 0. The summed E-state index contributed by atoms with van der Waals surface area (Å²) in [5, 5.41) is 7.07. The molecule has 11 heteroatoms. The van der Waals surface area contributed by atoms with Crippen molar-refractivity contribution in [3.8, 4) is 11.5 Å². The lowest BCUT2D eigenvalue weighted by atomic mass is 10.1. The molecule has 0 saturated heterocycles. The SMILES string of the molecule is CC(COCCCC(C)Oc1c(Cl)cc(OCC=C(Cl)Cl)cc1Cl)=NOC(=O)NC(C)(C)C. The molecule has 0 radical (unpaired) electrons. The maximum Gasteiger partial charge on any atom is 0.433 e. The van der Waals surface area contributed by atoms with Crippen LogP contribution in [0.15, 0.2) is 27.9 Å². The smallest absolute Gasteiger partial charge is 0.433 e. The van der Waals surface area contributed by atoms with Gasteiger partial charge in [0.05, 0.1) is 28.5 Å². The van der Waals surface area contributed by atoms with Crippen molar-refractivity contribution in [2.24, 2.45) is 5.16 Å². The first-order chi connectivity index (χ1) is 15.4. The molecule has 0 bridgehead atoms. The number of oxime groups is 1. The number of carbonyl (C=O) groups excluding carboxylic acids is 1. The second-order valence-corrected chi connectivity index (χ2v) is 10.0. The number of amides is 1. The minimum atomic E-state index is -0.610. The molecule has 0 aliphatic rings. The predicted molar refractivity (Wildman–Crippen MR) is 134 cm³/mol. The van der Waals surface area contributed by atoms with Gasteiger partial charge in [0.25, 0.3) is 0 Å². The summed E-state index contributed by atoms with van der Waals surface area (Å²) in [6.07, 6.45) is 2.20. The molecule has 0 aliphatic carbocycles. The van der Waals surface area contributed by atoms with Crippen LogP contribution in [-0.4, -0.2) is 43.3 Å². The third-order valence-electron chi connectivity index (χ3n) is 3.75. The van der Waals surface area contributed by atoms with Crippen molar-refractivity contribution in [1.82, 2.24) is 5.32 Å². The van der Waals surface area contributed by atoms with Crippen LogP contribution in [0.3, 0.4) is 0 Å². The lowest BCUT2D eigenvalue weighted by molar-refractivity contribution is 0.131. The predicted octanol–water partition coefficient (Wildman–Crippen LogP) is 7.16. The van der Waals surface area contributed by atoms with Crippen LogP contribution in [0.25, 0.3) is 0 Å². The van der Waals surface area contributed by atoms with Crippen LogP contribution in [0.1, 0.15) is 47.5 Å². The van der Waals surface area contributed by atoms with Crippen LogP contribution >= 0.6 is 46.4 Å². The fourth-order valence-electron chi connectivity index (χ4n) is 2.36. The lowest BCUT2D eigenvalue weighted by Crippen LogP contribution is -2.40. The molecular weight excluding hydrogens is 514 g/mol. The molecular formula is C22H30Cl4N2O5. The summed E-state index contributed by atoms with van der Waals surface area (Å²) in [6.45, 7) is 10.1. The van der Waals surface area contributed by atoms with E-state index >= 15 is 0 Å². The fraction of sp³-hybridized carbons (Fsp3) is 0.545. The number of hydrogen-bond acceptors (Lipinski definition) is 6. The van der Waals surface area contributed by atoms with E-state index in [2.05, 4.69) is 10.5 Å². The molecule has 33 heavy (non-hydrogen) atoms. The van der Waals surface area contributed by atoms with Gasteiger partial charge in [0.1, 0.15) is 16.8 Å². The number of nitrogens with zero attached hydrogens (tertiary/aromatic N) is 1. The number of rotatable bonds is 12. The Kier molecular flexibility index (Phi) is 13.3. The topological polar surface area (TPSA) is 78.4 Å². The lowest BCUT2D eigenvalue weighted by Gasteiger charge is -2.18. The van der Waals surface area contributed by atoms with Crippen LogP contribution in [0, 0.1) is 0 Å². The van der Waals surface area contributed by atoms with Gasteiger partial charge in [-0.05, 0) is 53.5 Å². The normalized spacial score (nSPS) is 12.7. The third kappa shape index (κ3) is 13.8. The average Bonchev–Trinajstić information content (AvgIpc) is 2.67. The van der Waals surface area contributed by atoms with Gasteiger partial charge in [-0.1, -0.05) is 51.6 Å². The van der Waals surface area contributed by atoms with Crippen molar-refractivity contribution >= 4 is 58.2 Å². The first-order valence-electron chi connectivity index (χ1n) is 10.3. The van der Waals surface area contributed by atoms with Gasteiger partial charge in [-0.3, -0.25) is 4.84 Å². The van der Waals surface area contributed by atoms with Crippen molar-refractivity contribution < 1.29 is 23.8 Å². The number of halogens is 4. The second-order valence-electron chi connectivity index (χ2n) is 8.22. The molecule has 1 N–H and O–H groups in total. The van der Waals surface area contributed by atoms with Gasteiger partial charge in [-0.2, -0.15) is 0 Å². The number of ether oxygens (including phenoxy) is 3. The van der Waals surface area contributed by atoms with Crippen molar-refractivity contribution in [1.29, 1.82) is 0 Å². The summed E-state index contributed by atoms with van der Waals surface area (Å²) in [5.41, 5.74) is 0.157. The minimum Gasteiger partial charge on any atom is -0.489 e. The number of benzene rings is 1. The van der Waals surface area contributed by atoms with Crippen LogP contribution in [0.4, 0.5) is 4.79 Å². The number of carbonyl (C=O) groups is 1. The molecule has 0 spiro atoms. The molecule has 0 aromatic heterocycles. The Morgan fingerprint density at radius 2 is 1.85 bits per heavy atom. The van der Waals surface area contributed by atoms with Gasteiger partial charge >= 0.3 is 6.09 Å². The minimum absolute atomic E-state index is 0.115. The zero-order chi connectivity index (χ0) is 25.0. The van der Waals surface area contributed by atoms with Crippen LogP contribution in [-0.2, 0) is 9.57 Å². The van der Waals surface area contributed by atoms with Gasteiger partial charge in [-0.25, -0.2) is 4.79 Å². The molecule has 0 heterocycles. The van der Waals surface area contributed by atoms with E-state index < -0.39 is 11.6 Å². The van der Waals surface area contributed by atoms with E-state index in [0.717, 1.165) is 6.42 Å². The monoisotopic (exact) mass is 542 g/mol. The van der Waals surface area contributed by atoms with Gasteiger partial charge in [0.15, 0.2) is 5.75 Å². The number of hydrogen-bond donors (Lipinski definition) is 1. The Hall–Kier alpha value is -1.38. The largest absolute Gasteiger partial charge is 0.489 e. The molecule has 0 saturated carbocycles. The van der Waals surface area contributed by atoms with Gasteiger partial charge in [0, 0.05) is 24.3 Å². The first kappa shape index (κ1) is 29.7. The highest BCUT2D eigenvalue weighted by molar-refractivity contribution is 6.55. The van der Waals surface area contributed by atoms with Gasteiger partial charge in [0.2, 0.25) is 0 Å². The maximum absolute atomic E-state index is 11.6. The fourth-order valence-corrected chi connectivity index (χ4v) is 3.04. The van der Waals surface area contributed by atoms with Crippen LogP contribution < -0.4 is 14.8 Å². The molecule has 1 aromatic rings. The molecule has 1 aromatic carbocycles. The van der Waals surface area contributed by atoms with E-state index in [9.17, 15) is 4.79 Å². The van der Waals surface area contributed by atoms with E-state index in [1.807, 2.05) is 27.7 Å². The second kappa shape index (κ2) is 14.8. The quantitative estimate of drug-likeness (QED) is 0.131. The molecule has 1 atom stereocenters. The molecule has 0 fully saturated rings. The Labute approximate surface area is 215 Å². The Balaban J connectivity index is 2.37. The molecule has 1 rings (SSSR count). The Bertz CT molecular complexity index is 814. The highest BCUT2D eigenvalue weighted by Crippen LogP contribution is 2.37. The average molecular weight is 544 g/mol. The first-order valence-corrected chi connectivity index (χ1v) is 11.8. The molecule has 1 unspecified atom stereocenters. The van der Waals surface area contributed by atoms with E-state index in [0.29, 0.717) is 40.3 Å². The zero-order valence-electron chi connectivity index (χ0n) is 19.3. The summed E-state index contributed by atoms with van der Waals surface area (Å²) >= 11 is 23.7. The summed E-state index contributed by atoms with van der Waals surface area (Å²) in [6, 6.07) is 3.22. The molecule has 0 aliphatic heterocycles.